The predicted octanol–water partition coefficient (Wildman–Crippen LogP) is -9.52. The number of nitrogens with one attached hydrogen (secondary N) is 7. The van der Waals surface area contributed by atoms with Crippen LogP contribution in [0.15, 0.2) is 4.99 Å². The summed E-state index contributed by atoms with van der Waals surface area (Å²) in [7, 11) is 0. The number of carboxylic acid groups (broad SMARTS) is 2. The number of hydrogen-bond acceptors (Lipinski definition) is 15. The largest absolute Gasteiger partial charge is 0.481 e. The molecule has 0 unspecified atom stereocenters. The Labute approximate surface area is 335 Å². The SMILES string of the molecule is C[C@H](N)C(=O)N[C@H](C(=O)N[C@@H](CC(N)=O)C(=O)N[C@@H](CCCN=C(N)N)C(=O)N[C@@H](CC(N)=O)C(=O)N[C@H](C(=O)N[C@@H](CC(=O)O)C(=O)NCC(=O)O)[C@@H](C)O)[C@@H](C)O. The third-order valence-electron chi connectivity index (χ3n) is 7.62. The van der Waals surface area contributed by atoms with Crippen LogP contribution in [0.5, 0.6) is 0 Å². The Morgan fingerprint density at radius 2 is 0.915 bits per heavy atom. The van der Waals surface area contributed by atoms with Crippen LogP contribution in [0, 0.1) is 0 Å². The lowest BCUT2D eigenvalue weighted by atomic mass is 10.1. The molecule has 0 aromatic rings. The van der Waals surface area contributed by atoms with E-state index in [-0.39, 0.29) is 25.3 Å². The highest BCUT2D eigenvalue weighted by molar-refractivity contribution is 6.00. The number of aliphatic hydroxyl groups excluding tert-OH is 2. The number of hydrogen-bond donors (Lipinski definition) is 16. The van der Waals surface area contributed by atoms with Crippen molar-refractivity contribution in [2.75, 3.05) is 13.1 Å². The van der Waals surface area contributed by atoms with Crippen molar-refractivity contribution in [3.8, 4) is 0 Å². The third kappa shape index (κ3) is 20.9. The lowest BCUT2D eigenvalue weighted by Gasteiger charge is -2.28. The second-order valence-corrected chi connectivity index (χ2v) is 13.0. The molecule has 21 N–H and O–H groups in total. The molecule has 0 saturated carbocycles. The van der Waals surface area contributed by atoms with Crippen molar-refractivity contribution >= 4 is 71.1 Å². The zero-order valence-corrected chi connectivity index (χ0v) is 32.3. The van der Waals surface area contributed by atoms with Crippen LogP contribution in [0.2, 0.25) is 0 Å². The Morgan fingerprint density at radius 1 is 0.525 bits per heavy atom. The van der Waals surface area contributed by atoms with Crippen LogP contribution >= 0.6 is 0 Å². The zero-order valence-electron chi connectivity index (χ0n) is 32.3. The topological polar surface area (TPSA) is 495 Å². The van der Waals surface area contributed by atoms with Crippen molar-refractivity contribution in [1.29, 1.82) is 0 Å². The van der Waals surface area contributed by atoms with Gasteiger partial charge in [-0.2, -0.15) is 0 Å². The number of amides is 9. The van der Waals surface area contributed by atoms with Crippen LogP contribution in [0.25, 0.3) is 0 Å². The quantitative estimate of drug-likeness (QED) is 0.0207. The number of primary amides is 2. The molecule has 28 heteroatoms. The summed E-state index contributed by atoms with van der Waals surface area (Å²) in [6.45, 7) is 2.32. The number of rotatable bonds is 27. The maximum atomic E-state index is 13.7. The van der Waals surface area contributed by atoms with Gasteiger partial charge in [-0.1, -0.05) is 0 Å². The van der Waals surface area contributed by atoms with E-state index in [2.05, 4.69) is 26.3 Å². The van der Waals surface area contributed by atoms with Gasteiger partial charge in [0.1, 0.15) is 42.8 Å². The molecule has 0 fully saturated rings. The second kappa shape index (κ2) is 25.5. The van der Waals surface area contributed by atoms with Gasteiger partial charge in [-0.3, -0.25) is 57.7 Å². The zero-order chi connectivity index (χ0) is 45.7. The van der Waals surface area contributed by atoms with Crippen molar-refractivity contribution in [3.63, 3.8) is 0 Å². The average Bonchev–Trinajstić information content (AvgIpc) is 3.10. The van der Waals surface area contributed by atoms with Gasteiger partial charge in [-0.05, 0) is 33.6 Å². The molecule has 0 aromatic carbocycles. The fourth-order valence-electron chi connectivity index (χ4n) is 4.68. The number of aliphatic carboxylic acids is 2. The number of nitrogens with zero attached hydrogens (tertiary/aromatic N) is 1. The van der Waals surface area contributed by atoms with Crippen molar-refractivity contribution in [2.45, 2.75) is 107 Å². The maximum absolute atomic E-state index is 13.7. The molecule has 0 aliphatic carbocycles. The highest BCUT2D eigenvalue weighted by atomic mass is 16.4. The van der Waals surface area contributed by atoms with Crippen molar-refractivity contribution < 1.29 is 73.2 Å². The summed E-state index contributed by atoms with van der Waals surface area (Å²) in [4.78, 5) is 141. The van der Waals surface area contributed by atoms with E-state index in [1.165, 1.54) is 6.92 Å². The molecule has 0 radical (unpaired) electrons. The van der Waals surface area contributed by atoms with E-state index in [0.29, 0.717) is 0 Å². The molecule has 9 atom stereocenters. The van der Waals surface area contributed by atoms with Crippen LogP contribution < -0.4 is 65.9 Å². The van der Waals surface area contributed by atoms with E-state index in [0.717, 1.165) is 13.8 Å². The second-order valence-electron chi connectivity index (χ2n) is 13.0. The molecule has 59 heavy (non-hydrogen) atoms. The van der Waals surface area contributed by atoms with Gasteiger partial charge in [0, 0.05) is 6.54 Å². The highest BCUT2D eigenvalue weighted by Gasteiger charge is 2.36. The standard InChI is InChI=1S/C31H53N13O15/c1-11(32)24(53)43-22(12(2)45)29(58)41-15(7-18(33)47)27(56)39-14(5-4-6-37-31(35)36)26(55)40-16(8-19(34)48)28(57)44-23(13(3)46)30(59)42-17(9-20(49)50)25(54)38-10-21(51)52/h11-17,22-23,45-46H,4-10,32H2,1-3H3,(H2,33,47)(H2,34,48)(H,38,54)(H,39,56)(H,40,55)(H,41,58)(H,42,59)(H,43,53)(H,44,57)(H,49,50)(H,51,52)(H4,35,36,37)/t11-,12+,13+,14-,15-,16-,17-,22-,23-/m0/s1. The summed E-state index contributed by atoms with van der Waals surface area (Å²) >= 11 is 0. The van der Waals surface area contributed by atoms with Gasteiger partial charge in [-0.25, -0.2) is 0 Å². The Hall–Kier alpha value is -6.68. The number of aliphatic hydroxyl groups is 2. The smallest absolute Gasteiger partial charge is 0.322 e. The first-order valence-electron chi connectivity index (χ1n) is 17.5. The molecule has 0 heterocycles. The van der Waals surface area contributed by atoms with E-state index in [4.69, 9.17) is 33.8 Å². The van der Waals surface area contributed by atoms with Crippen molar-refractivity contribution in [2.24, 2.45) is 33.7 Å². The lowest BCUT2D eigenvalue weighted by Crippen LogP contribution is -2.62. The first kappa shape index (κ1) is 52.3. The maximum Gasteiger partial charge on any atom is 0.322 e. The molecule has 9 amide bonds. The van der Waals surface area contributed by atoms with Gasteiger partial charge in [0.05, 0.1) is 37.5 Å². The van der Waals surface area contributed by atoms with E-state index in [1.54, 1.807) is 0 Å². The van der Waals surface area contributed by atoms with Crippen LogP contribution in [0.3, 0.4) is 0 Å². The summed E-state index contributed by atoms with van der Waals surface area (Å²) in [6.07, 6.45) is -6.63. The summed E-state index contributed by atoms with van der Waals surface area (Å²) in [5.41, 5.74) is 26.7. The fraction of sp³-hybridized carbons (Fsp3) is 0.613. The molecular weight excluding hydrogens is 794 g/mol. The van der Waals surface area contributed by atoms with E-state index in [1.807, 2.05) is 16.0 Å². The Balaban J connectivity index is 6.53. The number of nitrogens with two attached hydrogens (primary N) is 5. The number of carboxylic acids is 2. The van der Waals surface area contributed by atoms with E-state index >= 15 is 0 Å². The molecule has 28 nitrogen and oxygen atoms in total. The van der Waals surface area contributed by atoms with Gasteiger partial charge in [-0.15, -0.1) is 0 Å². The fourth-order valence-corrected chi connectivity index (χ4v) is 4.68. The number of carbonyl (C=O) groups excluding carboxylic acids is 9. The van der Waals surface area contributed by atoms with Crippen LogP contribution in [-0.4, -0.2) is 159 Å². The van der Waals surface area contributed by atoms with E-state index in [9.17, 15) is 68.1 Å². The van der Waals surface area contributed by atoms with E-state index < -0.39 is 145 Å². The highest BCUT2D eigenvalue weighted by Crippen LogP contribution is 2.06. The van der Waals surface area contributed by atoms with Crippen LogP contribution in [0.4, 0.5) is 0 Å². The first-order chi connectivity index (χ1) is 27.3. The van der Waals surface area contributed by atoms with Crippen LogP contribution in [0.1, 0.15) is 52.9 Å². The van der Waals surface area contributed by atoms with Gasteiger partial charge in [0.25, 0.3) is 0 Å². The molecule has 0 rings (SSSR count). The minimum atomic E-state index is -2.00. The molecule has 0 spiro atoms. The van der Waals surface area contributed by atoms with Gasteiger partial charge < -0.3 is 86.3 Å². The minimum Gasteiger partial charge on any atom is -0.481 e. The average molecular weight is 848 g/mol. The van der Waals surface area contributed by atoms with Gasteiger partial charge in [0.15, 0.2) is 5.96 Å². The first-order valence-corrected chi connectivity index (χ1v) is 17.5. The molecule has 0 aromatic heterocycles. The number of carbonyl (C=O) groups is 11. The minimum absolute atomic E-state index is 0.0506. The van der Waals surface area contributed by atoms with Gasteiger partial charge >= 0.3 is 11.9 Å². The Morgan fingerprint density at radius 3 is 1.31 bits per heavy atom. The Kier molecular flexibility index (Phi) is 22.7. The monoisotopic (exact) mass is 847 g/mol. The summed E-state index contributed by atoms with van der Waals surface area (Å²) in [5.74, 6) is -14.2. The number of guanidine groups is 1. The molecule has 332 valence electrons. The molecular formula is C31H53N13O15. The summed E-state index contributed by atoms with van der Waals surface area (Å²) in [6, 6.07) is -12.2. The molecule has 0 bridgehead atoms. The number of aliphatic imine (C=N–C) groups is 1. The van der Waals surface area contributed by atoms with Crippen molar-refractivity contribution in [1.82, 2.24) is 37.2 Å². The third-order valence-corrected chi connectivity index (χ3v) is 7.62. The summed E-state index contributed by atoms with van der Waals surface area (Å²) < 4.78 is 0. The van der Waals surface area contributed by atoms with Crippen LogP contribution in [-0.2, 0) is 52.7 Å². The van der Waals surface area contributed by atoms with Crippen molar-refractivity contribution in [3.05, 3.63) is 0 Å². The molecule has 0 saturated heterocycles. The molecule has 0 aliphatic heterocycles. The summed E-state index contributed by atoms with van der Waals surface area (Å²) in [5, 5.41) is 53.0. The predicted molar refractivity (Wildman–Crippen MR) is 199 cm³/mol. The lowest BCUT2D eigenvalue weighted by molar-refractivity contribution is -0.142. The Bertz CT molecular complexity index is 1600. The molecule has 0 aliphatic rings. The van der Waals surface area contributed by atoms with Gasteiger partial charge in [0.2, 0.25) is 53.2 Å². The normalized spacial score (nSPS) is 15.3.